The standard InChI is InChI=1S/C21H21N5S/c1-26(2)16-11-9-15(10-12-16)23-21-24-19-8-4-3-7-18(19)20(25-21)22-14-17-6-5-13-27-17/h3-13H,14H2,1-2H3,(H2,22,23,24,25). The fraction of sp³-hybridized carbons (Fsp3) is 0.143. The van der Waals surface area contributed by atoms with Crippen molar-refractivity contribution in [1.29, 1.82) is 0 Å². The van der Waals surface area contributed by atoms with Gasteiger partial charge in [0.1, 0.15) is 5.82 Å². The highest BCUT2D eigenvalue weighted by molar-refractivity contribution is 7.09. The molecule has 2 aromatic heterocycles. The van der Waals surface area contributed by atoms with Crippen LogP contribution in [-0.2, 0) is 6.54 Å². The molecule has 27 heavy (non-hydrogen) atoms. The Morgan fingerprint density at radius 1 is 0.926 bits per heavy atom. The van der Waals surface area contributed by atoms with Gasteiger partial charge in [0, 0.05) is 35.7 Å². The van der Waals surface area contributed by atoms with Crippen LogP contribution in [0.5, 0.6) is 0 Å². The van der Waals surface area contributed by atoms with Gasteiger partial charge in [-0.05, 0) is 47.8 Å². The van der Waals surface area contributed by atoms with Crippen LogP contribution >= 0.6 is 11.3 Å². The van der Waals surface area contributed by atoms with Gasteiger partial charge in [-0.1, -0.05) is 18.2 Å². The van der Waals surface area contributed by atoms with E-state index in [1.165, 1.54) is 4.88 Å². The zero-order valence-electron chi connectivity index (χ0n) is 15.3. The number of thiophene rings is 1. The maximum Gasteiger partial charge on any atom is 0.229 e. The van der Waals surface area contributed by atoms with Gasteiger partial charge in [-0.25, -0.2) is 4.98 Å². The van der Waals surface area contributed by atoms with E-state index in [4.69, 9.17) is 4.98 Å². The van der Waals surface area contributed by atoms with Crippen LogP contribution in [0.1, 0.15) is 4.88 Å². The van der Waals surface area contributed by atoms with Crippen LogP contribution in [0, 0.1) is 0 Å². The lowest BCUT2D eigenvalue weighted by Gasteiger charge is -2.14. The van der Waals surface area contributed by atoms with Crippen molar-refractivity contribution in [3.8, 4) is 0 Å². The lowest BCUT2D eigenvalue weighted by atomic mass is 10.2. The Kier molecular flexibility index (Phi) is 4.89. The van der Waals surface area contributed by atoms with Crippen molar-refractivity contribution >= 4 is 45.4 Å². The van der Waals surface area contributed by atoms with Crippen molar-refractivity contribution in [2.75, 3.05) is 29.6 Å². The van der Waals surface area contributed by atoms with Crippen LogP contribution in [0.25, 0.3) is 10.9 Å². The minimum absolute atomic E-state index is 0.583. The first kappa shape index (κ1) is 17.3. The van der Waals surface area contributed by atoms with Gasteiger partial charge in [0.2, 0.25) is 5.95 Å². The van der Waals surface area contributed by atoms with E-state index in [2.05, 4.69) is 50.2 Å². The fourth-order valence-electron chi connectivity index (χ4n) is 2.82. The normalized spacial score (nSPS) is 10.7. The number of hydrogen-bond donors (Lipinski definition) is 2. The van der Waals surface area contributed by atoms with E-state index in [0.717, 1.165) is 34.6 Å². The topological polar surface area (TPSA) is 53.1 Å². The molecule has 0 unspecified atom stereocenters. The number of nitrogens with zero attached hydrogens (tertiary/aromatic N) is 3. The average molecular weight is 376 g/mol. The molecule has 0 saturated heterocycles. The highest BCUT2D eigenvalue weighted by atomic mass is 32.1. The molecule has 5 nitrogen and oxygen atoms in total. The molecular formula is C21H21N5S. The summed E-state index contributed by atoms with van der Waals surface area (Å²) in [6.45, 7) is 0.746. The van der Waals surface area contributed by atoms with Gasteiger partial charge in [0.15, 0.2) is 0 Å². The lowest BCUT2D eigenvalue weighted by Crippen LogP contribution is -2.08. The van der Waals surface area contributed by atoms with Crippen molar-refractivity contribution in [2.45, 2.75) is 6.54 Å². The quantitative estimate of drug-likeness (QED) is 0.490. The van der Waals surface area contributed by atoms with Gasteiger partial charge >= 0.3 is 0 Å². The SMILES string of the molecule is CN(C)c1ccc(Nc2nc(NCc3cccs3)c3ccccc3n2)cc1. The summed E-state index contributed by atoms with van der Waals surface area (Å²) in [5, 5.41) is 9.87. The summed E-state index contributed by atoms with van der Waals surface area (Å²) in [5.41, 5.74) is 3.02. The van der Waals surface area contributed by atoms with Gasteiger partial charge in [-0.2, -0.15) is 4.98 Å². The number of fused-ring (bicyclic) bond motifs is 1. The molecule has 0 aliphatic heterocycles. The van der Waals surface area contributed by atoms with Crippen molar-refractivity contribution in [3.63, 3.8) is 0 Å². The van der Waals surface area contributed by atoms with Crippen LogP contribution in [0.2, 0.25) is 0 Å². The number of para-hydroxylation sites is 1. The van der Waals surface area contributed by atoms with Crippen molar-refractivity contribution in [2.24, 2.45) is 0 Å². The van der Waals surface area contributed by atoms with E-state index >= 15 is 0 Å². The molecule has 0 amide bonds. The molecule has 2 aromatic carbocycles. The molecule has 0 aliphatic carbocycles. The second-order valence-corrected chi connectivity index (χ2v) is 7.44. The highest BCUT2D eigenvalue weighted by Gasteiger charge is 2.08. The Morgan fingerprint density at radius 3 is 2.48 bits per heavy atom. The molecule has 2 heterocycles. The molecular weight excluding hydrogens is 354 g/mol. The lowest BCUT2D eigenvalue weighted by molar-refractivity contribution is 1.12. The van der Waals surface area contributed by atoms with Gasteiger partial charge in [0.25, 0.3) is 0 Å². The summed E-state index contributed by atoms with van der Waals surface area (Å²) in [7, 11) is 4.06. The monoisotopic (exact) mass is 375 g/mol. The maximum absolute atomic E-state index is 4.71. The highest BCUT2D eigenvalue weighted by Crippen LogP contribution is 2.25. The number of rotatable bonds is 6. The van der Waals surface area contributed by atoms with E-state index in [-0.39, 0.29) is 0 Å². The van der Waals surface area contributed by atoms with Crippen LogP contribution in [0.3, 0.4) is 0 Å². The van der Waals surface area contributed by atoms with E-state index in [1.807, 2.05) is 50.5 Å². The second kappa shape index (κ2) is 7.63. The Labute approximate surface area is 162 Å². The van der Waals surface area contributed by atoms with Gasteiger partial charge in [0.05, 0.1) is 12.1 Å². The third-order valence-corrected chi connectivity index (χ3v) is 5.13. The first-order valence-corrected chi connectivity index (χ1v) is 9.64. The molecule has 0 saturated carbocycles. The van der Waals surface area contributed by atoms with E-state index in [9.17, 15) is 0 Å². The maximum atomic E-state index is 4.71. The molecule has 0 atom stereocenters. The van der Waals surface area contributed by atoms with Crippen molar-refractivity contribution in [3.05, 3.63) is 70.9 Å². The van der Waals surface area contributed by atoms with Gasteiger partial charge in [-0.15, -0.1) is 11.3 Å². The first-order valence-electron chi connectivity index (χ1n) is 8.76. The molecule has 0 aliphatic rings. The van der Waals surface area contributed by atoms with Crippen molar-refractivity contribution in [1.82, 2.24) is 9.97 Å². The predicted molar refractivity (Wildman–Crippen MR) is 115 cm³/mol. The minimum atomic E-state index is 0.583. The summed E-state index contributed by atoms with van der Waals surface area (Å²) < 4.78 is 0. The number of anilines is 4. The number of benzene rings is 2. The molecule has 136 valence electrons. The van der Waals surface area contributed by atoms with Gasteiger partial charge in [-0.3, -0.25) is 0 Å². The number of hydrogen-bond acceptors (Lipinski definition) is 6. The molecule has 4 rings (SSSR count). The summed E-state index contributed by atoms with van der Waals surface area (Å²) in [6, 6.07) is 20.4. The second-order valence-electron chi connectivity index (χ2n) is 6.41. The number of aromatic nitrogens is 2. The predicted octanol–water partition coefficient (Wildman–Crippen LogP) is 5.11. The van der Waals surface area contributed by atoms with Crippen LogP contribution < -0.4 is 15.5 Å². The molecule has 0 spiro atoms. The van der Waals surface area contributed by atoms with Crippen LogP contribution in [-0.4, -0.2) is 24.1 Å². The molecule has 4 aromatic rings. The summed E-state index contributed by atoms with van der Waals surface area (Å²) >= 11 is 1.73. The Bertz CT molecular complexity index is 1030. The average Bonchev–Trinajstić information content (AvgIpc) is 3.20. The van der Waals surface area contributed by atoms with E-state index in [1.54, 1.807) is 11.3 Å². The minimum Gasteiger partial charge on any atom is -0.378 e. The third-order valence-electron chi connectivity index (χ3n) is 4.25. The summed E-state index contributed by atoms with van der Waals surface area (Å²) in [5.74, 6) is 1.42. The third kappa shape index (κ3) is 4.01. The molecule has 2 N–H and O–H groups in total. The summed E-state index contributed by atoms with van der Waals surface area (Å²) in [6.07, 6.45) is 0. The van der Waals surface area contributed by atoms with Gasteiger partial charge < -0.3 is 15.5 Å². The van der Waals surface area contributed by atoms with E-state index in [0.29, 0.717) is 5.95 Å². The molecule has 0 fully saturated rings. The molecule has 6 heteroatoms. The van der Waals surface area contributed by atoms with E-state index < -0.39 is 0 Å². The summed E-state index contributed by atoms with van der Waals surface area (Å²) in [4.78, 5) is 12.7. The molecule has 0 bridgehead atoms. The van der Waals surface area contributed by atoms with Crippen molar-refractivity contribution < 1.29 is 0 Å². The molecule has 0 radical (unpaired) electrons. The smallest absolute Gasteiger partial charge is 0.229 e. The van der Waals surface area contributed by atoms with Crippen LogP contribution in [0.15, 0.2) is 66.0 Å². The Hall–Kier alpha value is -3.12. The zero-order chi connectivity index (χ0) is 18.6. The largest absolute Gasteiger partial charge is 0.378 e. The first-order chi connectivity index (χ1) is 13.2. The van der Waals surface area contributed by atoms with Crippen LogP contribution in [0.4, 0.5) is 23.1 Å². The zero-order valence-corrected chi connectivity index (χ0v) is 16.1. The number of nitrogens with one attached hydrogen (secondary N) is 2. The Morgan fingerprint density at radius 2 is 1.74 bits per heavy atom. The Balaban J connectivity index is 1.62. The fourth-order valence-corrected chi connectivity index (χ4v) is 3.47.